The lowest BCUT2D eigenvalue weighted by molar-refractivity contribution is -0.140. The number of nitrogens with zero attached hydrogens (tertiary/aromatic N) is 1. The molecule has 0 saturated heterocycles. The Bertz CT molecular complexity index is 806. The third-order valence-electron chi connectivity index (χ3n) is 4.50. The molecule has 1 N–H and O–H groups in total. The van der Waals surface area contributed by atoms with E-state index in [0.29, 0.717) is 22.9 Å². The molecule has 0 bridgehead atoms. The number of carbonyl (C=O) groups is 2. The van der Waals surface area contributed by atoms with Crippen molar-refractivity contribution in [2.45, 2.75) is 39.3 Å². The molecule has 0 radical (unpaired) electrons. The lowest BCUT2D eigenvalue weighted by Crippen LogP contribution is -2.46. The van der Waals surface area contributed by atoms with Crippen LogP contribution in [0, 0.1) is 6.92 Å². The second kappa shape index (κ2) is 9.77. The van der Waals surface area contributed by atoms with Gasteiger partial charge in [0.15, 0.2) is 0 Å². The van der Waals surface area contributed by atoms with E-state index >= 15 is 0 Å². The standard InChI is InChI=1S/C21H24Cl2N2O2/c1-14-4-6-16(7-5-14)9-11-20(26)25(15(2)21(27)24-3)13-17-8-10-18(22)19(23)12-17/h4-8,10,12,15H,9,11,13H2,1-3H3,(H,24,27)/t15-/m1/s1. The molecule has 27 heavy (non-hydrogen) atoms. The van der Waals surface area contributed by atoms with Crippen LogP contribution in [0.3, 0.4) is 0 Å². The largest absolute Gasteiger partial charge is 0.357 e. The molecule has 0 saturated carbocycles. The van der Waals surface area contributed by atoms with E-state index in [9.17, 15) is 9.59 Å². The van der Waals surface area contributed by atoms with Gasteiger partial charge in [-0.15, -0.1) is 0 Å². The Kier molecular flexibility index (Phi) is 7.69. The van der Waals surface area contributed by atoms with Crippen LogP contribution in [0.5, 0.6) is 0 Å². The first-order valence-electron chi connectivity index (χ1n) is 8.82. The molecule has 0 aromatic heterocycles. The van der Waals surface area contributed by atoms with Crippen molar-refractivity contribution in [3.63, 3.8) is 0 Å². The molecular weight excluding hydrogens is 383 g/mol. The number of aryl methyl sites for hydroxylation is 2. The minimum atomic E-state index is -0.588. The van der Waals surface area contributed by atoms with E-state index in [0.717, 1.165) is 11.1 Å². The second-order valence-electron chi connectivity index (χ2n) is 6.55. The fraction of sp³-hybridized carbons (Fsp3) is 0.333. The maximum absolute atomic E-state index is 12.9. The zero-order chi connectivity index (χ0) is 20.0. The van der Waals surface area contributed by atoms with E-state index in [2.05, 4.69) is 5.32 Å². The van der Waals surface area contributed by atoms with Gasteiger partial charge in [-0.25, -0.2) is 0 Å². The summed E-state index contributed by atoms with van der Waals surface area (Å²) >= 11 is 12.1. The van der Waals surface area contributed by atoms with Crippen LogP contribution in [-0.2, 0) is 22.6 Å². The Morgan fingerprint density at radius 1 is 1.04 bits per heavy atom. The fourth-order valence-corrected chi connectivity index (χ4v) is 3.10. The predicted octanol–water partition coefficient (Wildman–Crippen LogP) is 4.40. The van der Waals surface area contributed by atoms with Crippen LogP contribution in [0.2, 0.25) is 10.0 Å². The fourth-order valence-electron chi connectivity index (χ4n) is 2.78. The van der Waals surface area contributed by atoms with E-state index in [1.807, 2.05) is 37.3 Å². The maximum atomic E-state index is 12.9. The topological polar surface area (TPSA) is 49.4 Å². The number of rotatable bonds is 7. The molecule has 0 aliphatic rings. The molecule has 144 valence electrons. The Hall–Kier alpha value is -2.04. The summed E-state index contributed by atoms with van der Waals surface area (Å²) in [7, 11) is 1.56. The van der Waals surface area contributed by atoms with Crippen LogP contribution in [0.15, 0.2) is 42.5 Å². The van der Waals surface area contributed by atoms with E-state index < -0.39 is 6.04 Å². The highest BCUT2D eigenvalue weighted by Crippen LogP contribution is 2.24. The highest BCUT2D eigenvalue weighted by molar-refractivity contribution is 6.42. The van der Waals surface area contributed by atoms with Crippen molar-refractivity contribution in [3.05, 3.63) is 69.2 Å². The van der Waals surface area contributed by atoms with Crippen LogP contribution in [-0.4, -0.2) is 29.8 Å². The van der Waals surface area contributed by atoms with Crippen LogP contribution < -0.4 is 5.32 Å². The van der Waals surface area contributed by atoms with E-state index in [1.165, 1.54) is 5.56 Å². The number of hydrogen-bond acceptors (Lipinski definition) is 2. The van der Waals surface area contributed by atoms with Gasteiger partial charge >= 0.3 is 0 Å². The van der Waals surface area contributed by atoms with Gasteiger partial charge < -0.3 is 10.2 Å². The van der Waals surface area contributed by atoms with Crippen LogP contribution in [0.4, 0.5) is 0 Å². The summed E-state index contributed by atoms with van der Waals surface area (Å²) in [5.74, 6) is -0.295. The zero-order valence-corrected chi connectivity index (χ0v) is 17.3. The van der Waals surface area contributed by atoms with E-state index in [4.69, 9.17) is 23.2 Å². The lowest BCUT2D eigenvalue weighted by Gasteiger charge is -2.28. The maximum Gasteiger partial charge on any atom is 0.242 e. The summed E-state index contributed by atoms with van der Waals surface area (Å²) in [6, 6.07) is 12.7. The molecule has 4 nitrogen and oxygen atoms in total. The molecule has 0 spiro atoms. The first-order valence-corrected chi connectivity index (χ1v) is 9.58. The van der Waals surface area contributed by atoms with Gasteiger partial charge in [-0.2, -0.15) is 0 Å². The van der Waals surface area contributed by atoms with E-state index in [1.54, 1.807) is 31.0 Å². The summed E-state index contributed by atoms with van der Waals surface area (Å²) in [5.41, 5.74) is 3.10. The minimum Gasteiger partial charge on any atom is -0.357 e. The number of hydrogen-bond donors (Lipinski definition) is 1. The third-order valence-corrected chi connectivity index (χ3v) is 5.24. The van der Waals surface area contributed by atoms with Crippen LogP contribution >= 0.6 is 23.2 Å². The zero-order valence-electron chi connectivity index (χ0n) is 15.8. The van der Waals surface area contributed by atoms with Crippen molar-refractivity contribution in [2.24, 2.45) is 0 Å². The molecule has 2 amide bonds. The van der Waals surface area contributed by atoms with Crippen LogP contribution in [0.1, 0.15) is 30.0 Å². The highest BCUT2D eigenvalue weighted by Gasteiger charge is 2.25. The molecular formula is C21H24Cl2N2O2. The van der Waals surface area contributed by atoms with Crippen molar-refractivity contribution in [2.75, 3.05) is 7.05 Å². The average Bonchev–Trinajstić information content (AvgIpc) is 2.67. The van der Waals surface area contributed by atoms with Gasteiger partial charge in [0.05, 0.1) is 10.0 Å². The minimum absolute atomic E-state index is 0.0854. The van der Waals surface area contributed by atoms with Gasteiger partial charge in [-0.1, -0.05) is 59.1 Å². The summed E-state index contributed by atoms with van der Waals surface area (Å²) in [5, 5.41) is 3.49. The normalized spacial score (nSPS) is 11.7. The number of likely N-dealkylation sites (N-methyl/N-ethyl adjacent to an activating group) is 1. The quantitative estimate of drug-likeness (QED) is 0.740. The molecule has 0 aliphatic carbocycles. The number of carbonyl (C=O) groups excluding carboxylic acids is 2. The van der Waals surface area contributed by atoms with Crippen molar-refractivity contribution >= 4 is 35.0 Å². The average molecular weight is 407 g/mol. The molecule has 0 unspecified atom stereocenters. The molecule has 1 atom stereocenters. The Labute approximate surface area is 170 Å². The Morgan fingerprint density at radius 2 is 1.67 bits per heavy atom. The summed E-state index contributed by atoms with van der Waals surface area (Å²) in [6.45, 7) is 4.04. The molecule has 6 heteroatoms. The predicted molar refractivity (Wildman–Crippen MR) is 110 cm³/mol. The molecule has 0 aliphatic heterocycles. The summed E-state index contributed by atoms with van der Waals surface area (Å²) < 4.78 is 0. The van der Waals surface area contributed by atoms with Gasteiger partial charge in [0, 0.05) is 20.0 Å². The SMILES string of the molecule is CNC(=O)[C@@H](C)N(Cc1ccc(Cl)c(Cl)c1)C(=O)CCc1ccc(C)cc1. The highest BCUT2D eigenvalue weighted by atomic mass is 35.5. The molecule has 0 heterocycles. The number of amides is 2. The van der Waals surface area contributed by atoms with Gasteiger partial charge in [-0.05, 0) is 43.5 Å². The summed E-state index contributed by atoms with van der Waals surface area (Å²) in [6.07, 6.45) is 0.948. The van der Waals surface area contributed by atoms with Gasteiger partial charge in [0.1, 0.15) is 6.04 Å². The van der Waals surface area contributed by atoms with Crippen molar-refractivity contribution in [3.8, 4) is 0 Å². The lowest BCUT2D eigenvalue weighted by atomic mass is 10.1. The number of nitrogens with one attached hydrogen (secondary N) is 1. The number of benzene rings is 2. The first-order chi connectivity index (χ1) is 12.8. The Balaban J connectivity index is 2.14. The molecule has 2 aromatic carbocycles. The van der Waals surface area contributed by atoms with Crippen LogP contribution in [0.25, 0.3) is 0 Å². The summed E-state index contributed by atoms with van der Waals surface area (Å²) in [4.78, 5) is 26.6. The Morgan fingerprint density at radius 3 is 2.26 bits per heavy atom. The van der Waals surface area contributed by atoms with Gasteiger partial charge in [0.2, 0.25) is 11.8 Å². The first kappa shape index (κ1) is 21.3. The molecule has 2 rings (SSSR count). The van der Waals surface area contributed by atoms with E-state index in [-0.39, 0.29) is 18.4 Å². The van der Waals surface area contributed by atoms with Gasteiger partial charge in [0.25, 0.3) is 0 Å². The van der Waals surface area contributed by atoms with Crippen molar-refractivity contribution in [1.29, 1.82) is 0 Å². The smallest absolute Gasteiger partial charge is 0.242 e. The third kappa shape index (κ3) is 5.98. The monoisotopic (exact) mass is 406 g/mol. The van der Waals surface area contributed by atoms with Gasteiger partial charge in [-0.3, -0.25) is 9.59 Å². The second-order valence-corrected chi connectivity index (χ2v) is 7.36. The van der Waals surface area contributed by atoms with Crippen molar-refractivity contribution in [1.82, 2.24) is 10.2 Å². The molecule has 0 fully saturated rings. The van der Waals surface area contributed by atoms with Crippen molar-refractivity contribution < 1.29 is 9.59 Å². The number of halogens is 2. The molecule has 2 aromatic rings.